The van der Waals surface area contributed by atoms with E-state index in [-0.39, 0.29) is 11.9 Å². The van der Waals surface area contributed by atoms with Crippen molar-refractivity contribution in [3.63, 3.8) is 0 Å². The van der Waals surface area contributed by atoms with Crippen LogP contribution in [-0.4, -0.2) is 25.0 Å². The second-order valence-corrected chi connectivity index (χ2v) is 5.65. The molecule has 0 heterocycles. The summed E-state index contributed by atoms with van der Waals surface area (Å²) in [5, 5.41) is 6.27. The molecular formula is C15H28N2O. The number of allylic oxidation sites excluding steroid dienone is 1. The van der Waals surface area contributed by atoms with Gasteiger partial charge in [0.15, 0.2) is 0 Å². The van der Waals surface area contributed by atoms with Crippen LogP contribution in [0.1, 0.15) is 52.9 Å². The number of rotatable bonds is 8. The largest absolute Gasteiger partial charge is 0.355 e. The highest BCUT2D eigenvalue weighted by atomic mass is 16.2. The van der Waals surface area contributed by atoms with Crippen LogP contribution in [0.5, 0.6) is 0 Å². The Balaban J connectivity index is 2.07. The topological polar surface area (TPSA) is 41.1 Å². The van der Waals surface area contributed by atoms with Gasteiger partial charge in [0.2, 0.25) is 5.91 Å². The van der Waals surface area contributed by atoms with Gasteiger partial charge in [0, 0.05) is 6.54 Å². The highest BCUT2D eigenvalue weighted by Gasteiger charge is 2.12. The number of hydrogen-bond donors (Lipinski definition) is 2. The summed E-state index contributed by atoms with van der Waals surface area (Å²) in [4.78, 5) is 11.8. The van der Waals surface area contributed by atoms with Gasteiger partial charge in [-0.1, -0.05) is 25.5 Å². The van der Waals surface area contributed by atoms with Gasteiger partial charge in [0.05, 0.1) is 6.04 Å². The Morgan fingerprint density at radius 1 is 1.33 bits per heavy atom. The summed E-state index contributed by atoms with van der Waals surface area (Å²) in [6, 6.07) is -0.0841. The molecule has 0 bridgehead atoms. The minimum absolute atomic E-state index is 0.0841. The van der Waals surface area contributed by atoms with Crippen LogP contribution in [0.3, 0.4) is 0 Å². The molecule has 1 amide bonds. The fraction of sp³-hybridized carbons (Fsp3) is 0.800. The van der Waals surface area contributed by atoms with E-state index in [0.29, 0.717) is 5.92 Å². The Kier molecular flexibility index (Phi) is 7.02. The zero-order valence-corrected chi connectivity index (χ0v) is 12.1. The first kappa shape index (κ1) is 15.2. The van der Waals surface area contributed by atoms with Gasteiger partial charge in [-0.25, -0.2) is 0 Å². The number of amides is 1. The van der Waals surface area contributed by atoms with E-state index in [0.717, 1.165) is 25.9 Å². The van der Waals surface area contributed by atoms with E-state index >= 15 is 0 Å². The zero-order valence-electron chi connectivity index (χ0n) is 12.1. The molecule has 0 saturated carbocycles. The van der Waals surface area contributed by atoms with Gasteiger partial charge in [-0.2, -0.15) is 0 Å². The smallest absolute Gasteiger partial charge is 0.236 e. The van der Waals surface area contributed by atoms with Gasteiger partial charge in [-0.05, 0) is 51.5 Å². The Labute approximate surface area is 111 Å². The Bertz CT molecular complexity index is 284. The van der Waals surface area contributed by atoms with E-state index in [4.69, 9.17) is 0 Å². The average Bonchev–Trinajstić information content (AvgIpc) is 2.81. The van der Waals surface area contributed by atoms with Crippen molar-refractivity contribution in [2.75, 3.05) is 13.1 Å². The van der Waals surface area contributed by atoms with Crippen molar-refractivity contribution < 1.29 is 4.79 Å². The normalized spacial score (nSPS) is 16.8. The molecule has 1 atom stereocenters. The summed E-state index contributed by atoms with van der Waals surface area (Å²) in [6.45, 7) is 7.97. The average molecular weight is 252 g/mol. The van der Waals surface area contributed by atoms with Crippen LogP contribution < -0.4 is 10.6 Å². The molecule has 1 aliphatic carbocycles. The SMILES string of the molecule is CC(C)CCNC(=O)C(C)NCCC1=CCCC1. The second kappa shape index (κ2) is 8.30. The van der Waals surface area contributed by atoms with E-state index in [1.165, 1.54) is 19.3 Å². The summed E-state index contributed by atoms with van der Waals surface area (Å²) >= 11 is 0. The molecule has 0 saturated heterocycles. The van der Waals surface area contributed by atoms with Crippen LogP contribution >= 0.6 is 0 Å². The van der Waals surface area contributed by atoms with Gasteiger partial charge < -0.3 is 10.6 Å². The molecule has 1 rings (SSSR count). The highest BCUT2D eigenvalue weighted by molar-refractivity contribution is 5.81. The quantitative estimate of drug-likeness (QED) is 0.652. The molecule has 0 aromatic carbocycles. The fourth-order valence-corrected chi connectivity index (χ4v) is 2.14. The summed E-state index contributed by atoms with van der Waals surface area (Å²) in [6.07, 6.45) is 8.27. The van der Waals surface area contributed by atoms with Gasteiger partial charge in [-0.3, -0.25) is 4.79 Å². The monoisotopic (exact) mass is 252 g/mol. The lowest BCUT2D eigenvalue weighted by molar-refractivity contribution is -0.122. The van der Waals surface area contributed by atoms with Gasteiger partial charge in [0.25, 0.3) is 0 Å². The van der Waals surface area contributed by atoms with E-state index in [1.807, 2.05) is 6.92 Å². The van der Waals surface area contributed by atoms with E-state index in [9.17, 15) is 4.79 Å². The van der Waals surface area contributed by atoms with E-state index < -0.39 is 0 Å². The molecule has 0 aromatic heterocycles. The maximum atomic E-state index is 11.8. The van der Waals surface area contributed by atoms with Crippen molar-refractivity contribution in [3.05, 3.63) is 11.6 Å². The number of nitrogens with one attached hydrogen (secondary N) is 2. The standard InChI is InChI=1S/C15H28N2O/c1-12(2)8-10-17-15(18)13(3)16-11-9-14-6-4-5-7-14/h6,12-13,16H,4-5,7-11H2,1-3H3,(H,17,18). The molecule has 0 radical (unpaired) electrons. The zero-order chi connectivity index (χ0) is 13.4. The molecule has 0 spiro atoms. The number of hydrogen-bond acceptors (Lipinski definition) is 2. The van der Waals surface area contributed by atoms with Gasteiger partial charge in [-0.15, -0.1) is 0 Å². The molecule has 104 valence electrons. The van der Waals surface area contributed by atoms with Crippen LogP contribution in [0, 0.1) is 5.92 Å². The summed E-state index contributed by atoms with van der Waals surface area (Å²) < 4.78 is 0. The molecule has 0 aliphatic heterocycles. The van der Waals surface area contributed by atoms with Crippen molar-refractivity contribution in [3.8, 4) is 0 Å². The number of carbonyl (C=O) groups is 1. The van der Waals surface area contributed by atoms with Gasteiger partial charge >= 0.3 is 0 Å². The Morgan fingerprint density at radius 3 is 2.72 bits per heavy atom. The maximum Gasteiger partial charge on any atom is 0.236 e. The van der Waals surface area contributed by atoms with Crippen LogP contribution in [-0.2, 0) is 4.79 Å². The molecule has 3 heteroatoms. The van der Waals surface area contributed by atoms with Crippen LogP contribution in [0.25, 0.3) is 0 Å². The van der Waals surface area contributed by atoms with Crippen LogP contribution in [0.15, 0.2) is 11.6 Å². The molecular weight excluding hydrogens is 224 g/mol. The predicted octanol–water partition coefficient (Wildman–Crippen LogP) is 2.63. The third kappa shape index (κ3) is 6.20. The molecule has 2 N–H and O–H groups in total. The third-order valence-electron chi connectivity index (χ3n) is 3.45. The first-order valence-electron chi connectivity index (χ1n) is 7.28. The highest BCUT2D eigenvalue weighted by Crippen LogP contribution is 2.19. The molecule has 18 heavy (non-hydrogen) atoms. The Morgan fingerprint density at radius 2 is 2.11 bits per heavy atom. The van der Waals surface area contributed by atoms with E-state index in [2.05, 4.69) is 30.6 Å². The lowest BCUT2D eigenvalue weighted by Gasteiger charge is -2.14. The molecule has 3 nitrogen and oxygen atoms in total. The van der Waals surface area contributed by atoms with Crippen LogP contribution in [0.4, 0.5) is 0 Å². The predicted molar refractivity (Wildman–Crippen MR) is 76.5 cm³/mol. The van der Waals surface area contributed by atoms with Crippen molar-refractivity contribution in [2.24, 2.45) is 5.92 Å². The summed E-state index contributed by atoms with van der Waals surface area (Å²) in [5.74, 6) is 0.763. The molecule has 1 unspecified atom stereocenters. The first-order valence-corrected chi connectivity index (χ1v) is 7.28. The first-order chi connectivity index (χ1) is 8.59. The van der Waals surface area contributed by atoms with E-state index in [1.54, 1.807) is 5.57 Å². The molecule has 1 aliphatic rings. The molecule has 0 fully saturated rings. The van der Waals surface area contributed by atoms with Gasteiger partial charge in [0.1, 0.15) is 0 Å². The lowest BCUT2D eigenvalue weighted by atomic mass is 10.1. The lowest BCUT2D eigenvalue weighted by Crippen LogP contribution is -2.43. The Hall–Kier alpha value is -0.830. The maximum absolute atomic E-state index is 11.8. The molecule has 0 aromatic rings. The second-order valence-electron chi connectivity index (χ2n) is 5.65. The van der Waals surface area contributed by atoms with Crippen molar-refractivity contribution in [1.29, 1.82) is 0 Å². The minimum Gasteiger partial charge on any atom is -0.355 e. The summed E-state index contributed by atoms with van der Waals surface area (Å²) in [5.41, 5.74) is 1.55. The summed E-state index contributed by atoms with van der Waals surface area (Å²) in [7, 11) is 0. The van der Waals surface area contributed by atoms with Crippen LogP contribution in [0.2, 0.25) is 0 Å². The third-order valence-corrected chi connectivity index (χ3v) is 3.45. The van der Waals surface area contributed by atoms with Crippen molar-refractivity contribution >= 4 is 5.91 Å². The van der Waals surface area contributed by atoms with Crippen molar-refractivity contribution in [2.45, 2.75) is 58.9 Å². The minimum atomic E-state index is -0.0841. The fourth-order valence-electron chi connectivity index (χ4n) is 2.14. The number of carbonyl (C=O) groups excluding carboxylic acids is 1. The van der Waals surface area contributed by atoms with Crippen molar-refractivity contribution in [1.82, 2.24) is 10.6 Å².